The van der Waals surface area contributed by atoms with Crippen LogP contribution in [-0.4, -0.2) is 38.3 Å². The van der Waals surface area contributed by atoms with Crippen LogP contribution in [0.4, 0.5) is 0 Å². The van der Waals surface area contributed by atoms with Crippen molar-refractivity contribution in [1.82, 2.24) is 14.9 Å². The predicted molar refractivity (Wildman–Crippen MR) is 123 cm³/mol. The van der Waals surface area contributed by atoms with Crippen LogP contribution in [0.1, 0.15) is 42.5 Å². The number of carbonyl (C=O) groups is 2. The SMILES string of the molecule is CCCCOc1cccc(C2C(=C(O)c3ccncc3)C(=O)C(=O)N2Cc2cccnc2)c1. The Balaban J connectivity index is 1.80. The maximum absolute atomic E-state index is 13.1. The smallest absolute Gasteiger partial charge is 0.295 e. The minimum atomic E-state index is -0.770. The molecule has 1 amide bonds. The minimum absolute atomic E-state index is 0.0424. The number of ether oxygens (including phenoxy) is 1. The highest BCUT2D eigenvalue weighted by Gasteiger charge is 2.46. The molecule has 1 aromatic carbocycles. The average Bonchev–Trinajstić information content (AvgIpc) is 3.10. The lowest BCUT2D eigenvalue weighted by atomic mass is 9.95. The molecule has 0 bridgehead atoms. The number of amides is 1. The maximum atomic E-state index is 13.1. The Morgan fingerprint density at radius 1 is 1.06 bits per heavy atom. The first-order valence-corrected chi connectivity index (χ1v) is 10.9. The highest BCUT2D eigenvalue weighted by molar-refractivity contribution is 6.46. The predicted octanol–water partition coefficient (Wildman–Crippen LogP) is 4.28. The number of rotatable bonds is 8. The van der Waals surface area contributed by atoms with Gasteiger partial charge in [0.25, 0.3) is 11.7 Å². The summed E-state index contributed by atoms with van der Waals surface area (Å²) in [6.45, 7) is 2.84. The molecule has 3 aromatic rings. The summed E-state index contributed by atoms with van der Waals surface area (Å²) in [6.07, 6.45) is 8.29. The quantitative estimate of drug-likeness (QED) is 0.242. The minimum Gasteiger partial charge on any atom is -0.507 e. The molecule has 1 aliphatic heterocycles. The number of pyridine rings is 2. The summed E-state index contributed by atoms with van der Waals surface area (Å²) in [5.74, 6) is -0.976. The molecule has 1 unspecified atom stereocenters. The third-order valence-corrected chi connectivity index (χ3v) is 5.51. The van der Waals surface area contributed by atoms with Crippen molar-refractivity contribution in [3.63, 3.8) is 0 Å². The normalized spacial score (nSPS) is 17.4. The molecule has 33 heavy (non-hydrogen) atoms. The molecule has 0 saturated carbocycles. The van der Waals surface area contributed by atoms with Gasteiger partial charge in [-0.25, -0.2) is 0 Å². The molecule has 2 aromatic heterocycles. The molecule has 1 fully saturated rings. The van der Waals surface area contributed by atoms with Gasteiger partial charge in [0.15, 0.2) is 0 Å². The molecule has 1 N–H and O–H groups in total. The number of aromatic nitrogens is 2. The second-order valence-electron chi connectivity index (χ2n) is 7.80. The van der Waals surface area contributed by atoms with Gasteiger partial charge in [-0.3, -0.25) is 19.6 Å². The molecule has 4 rings (SSSR count). The van der Waals surface area contributed by atoms with Gasteiger partial charge in [0, 0.05) is 36.9 Å². The summed E-state index contributed by atoms with van der Waals surface area (Å²) in [6, 6.07) is 13.4. The van der Waals surface area contributed by atoms with Crippen LogP contribution in [0.3, 0.4) is 0 Å². The second kappa shape index (κ2) is 10.1. The van der Waals surface area contributed by atoms with E-state index in [1.807, 2.05) is 30.3 Å². The van der Waals surface area contributed by atoms with Crippen LogP contribution >= 0.6 is 0 Å². The molecule has 0 spiro atoms. The van der Waals surface area contributed by atoms with Gasteiger partial charge in [-0.2, -0.15) is 0 Å². The van der Waals surface area contributed by atoms with Gasteiger partial charge < -0.3 is 14.7 Å². The molecule has 1 aliphatic rings. The van der Waals surface area contributed by atoms with Crippen LogP contribution in [0, 0.1) is 0 Å². The summed E-state index contributed by atoms with van der Waals surface area (Å²) in [5, 5.41) is 11.1. The van der Waals surface area contributed by atoms with Gasteiger partial charge in [-0.15, -0.1) is 0 Å². The Labute approximate surface area is 192 Å². The molecule has 1 saturated heterocycles. The van der Waals surface area contributed by atoms with E-state index in [9.17, 15) is 14.7 Å². The molecule has 0 aliphatic carbocycles. The Hall–Kier alpha value is -4.00. The van der Waals surface area contributed by atoms with Crippen molar-refractivity contribution in [3.05, 3.63) is 95.6 Å². The van der Waals surface area contributed by atoms with Gasteiger partial charge in [-0.1, -0.05) is 31.5 Å². The number of aliphatic hydroxyl groups is 1. The fourth-order valence-corrected chi connectivity index (χ4v) is 3.85. The largest absolute Gasteiger partial charge is 0.507 e. The zero-order chi connectivity index (χ0) is 23.2. The van der Waals surface area contributed by atoms with E-state index < -0.39 is 17.7 Å². The van der Waals surface area contributed by atoms with E-state index in [2.05, 4.69) is 16.9 Å². The summed E-state index contributed by atoms with van der Waals surface area (Å²) in [4.78, 5) is 35.8. The third-order valence-electron chi connectivity index (χ3n) is 5.51. The molecule has 1 atom stereocenters. The molecule has 3 heterocycles. The highest BCUT2D eigenvalue weighted by Crippen LogP contribution is 2.41. The lowest BCUT2D eigenvalue weighted by Gasteiger charge is -2.25. The Morgan fingerprint density at radius 2 is 1.88 bits per heavy atom. The number of aliphatic hydroxyl groups excluding tert-OH is 1. The fraction of sp³-hybridized carbons (Fsp3) is 0.231. The molecule has 0 radical (unpaired) electrons. The first-order valence-electron chi connectivity index (χ1n) is 10.9. The fourth-order valence-electron chi connectivity index (χ4n) is 3.85. The Kier molecular flexibility index (Phi) is 6.78. The van der Waals surface area contributed by atoms with Crippen molar-refractivity contribution in [2.45, 2.75) is 32.4 Å². The molecule has 7 nitrogen and oxygen atoms in total. The van der Waals surface area contributed by atoms with Crippen LogP contribution in [-0.2, 0) is 16.1 Å². The number of hydrogen-bond acceptors (Lipinski definition) is 6. The Morgan fingerprint density at radius 3 is 2.61 bits per heavy atom. The van der Waals surface area contributed by atoms with E-state index >= 15 is 0 Å². The second-order valence-corrected chi connectivity index (χ2v) is 7.80. The van der Waals surface area contributed by atoms with Gasteiger partial charge in [0.2, 0.25) is 0 Å². The van der Waals surface area contributed by atoms with Crippen molar-refractivity contribution >= 4 is 17.4 Å². The van der Waals surface area contributed by atoms with Crippen molar-refractivity contribution < 1.29 is 19.4 Å². The molecule has 168 valence electrons. The van der Waals surface area contributed by atoms with Gasteiger partial charge >= 0.3 is 0 Å². The van der Waals surface area contributed by atoms with Crippen LogP contribution in [0.5, 0.6) is 5.75 Å². The van der Waals surface area contributed by atoms with Crippen molar-refractivity contribution in [2.75, 3.05) is 6.61 Å². The number of carbonyl (C=O) groups excluding carboxylic acids is 2. The van der Waals surface area contributed by atoms with Crippen LogP contribution in [0.25, 0.3) is 5.76 Å². The summed E-state index contributed by atoms with van der Waals surface area (Å²) >= 11 is 0. The number of ketones is 1. The van der Waals surface area contributed by atoms with Gasteiger partial charge in [-0.05, 0) is 47.9 Å². The van der Waals surface area contributed by atoms with Crippen molar-refractivity contribution in [1.29, 1.82) is 0 Å². The zero-order valence-corrected chi connectivity index (χ0v) is 18.3. The number of nitrogens with zero attached hydrogens (tertiary/aromatic N) is 3. The number of hydrogen-bond donors (Lipinski definition) is 1. The Bertz CT molecular complexity index is 1160. The summed E-state index contributed by atoms with van der Waals surface area (Å²) < 4.78 is 5.85. The lowest BCUT2D eigenvalue weighted by Crippen LogP contribution is -2.29. The number of unbranched alkanes of at least 4 members (excludes halogenated alkanes) is 1. The summed E-state index contributed by atoms with van der Waals surface area (Å²) in [7, 11) is 0. The molecular weight excluding hydrogens is 418 g/mol. The maximum Gasteiger partial charge on any atom is 0.295 e. The first kappa shape index (κ1) is 22.2. The number of Topliss-reactive ketones (excluding diaryl/α,β-unsaturated/α-hetero) is 1. The third kappa shape index (κ3) is 4.77. The lowest BCUT2D eigenvalue weighted by molar-refractivity contribution is -0.140. The molecular formula is C26H25N3O4. The molecule has 7 heteroatoms. The topological polar surface area (TPSA) is 92.6 Å². The number of likely N-dealkylation sites (tertiary alicyclic amines) is 1. The van der Waals surface area contributed by atoms with E-state index in [-0.39, 0.29) is 17.9 Å². The van der Waals surface area contributed by atoms with E-state index in [1.165, 1.54) is 17.3 Å². The van der Waals surface area contributed by atoms with E-state index in [0.29, 0.717) is 23.5 Å². The van der Waals surface area contributed by atoms with Crippen molar-refractivity contribution in [3.8, 4) is 5.75 Å². The number of benzene rings is 1. The first-order chi connectivity index (χ1) is 16.1. The summed E-state index contributed by atoms with van der Waals surface area (Å²) in [5.41, 5.74) is 1.93. The van der Waals surface area contributed by atoms with E-state index in [4.69, 9.17) is 4.74 Å². The standard InChI is InChI=1S/C26H25N3O4/c1-2-3-14-33-21-8-4-7-20(15-21)23-22(24(30)19-9-12-27-13-10-19)25(31)26(32)29(23)17-18-6-5-11-28-16-18/h4-13,15-16,23,30H,2-3,14,17H2,1H3. The van der Waals surface area contributed by atoms with E-state index in [0.717, 1.165) is 18.4 Å². The average molecular weight is 444 g/mol. The van der Waals surface area contributed by atoms with Crippen LogP contribution < -0.4 is 4.74 Å². The van der Waals surface area contributed by atoms with E-state index in [1.54, 1.807) is 30.6 Å². The van der Waals surface area contributed by atoms with Crippen molar-refractivity contribution in [2.24, 2.45) is 0 Å². The highest BCUT2D eigenvalue weighted by atomic mass is 16.5. The van der Waals surface area contributed by atoms with Crippen LogP contribution in [0.15, 0.2) is 78.9 Å². The van der Waals surface area contributed by atoms with Gasteiger partial charge in [0.1, 0.15) is 11.5 Å². The van der Waals surface area contributed by atoms with Gasteiger partial charge in [0.05, 0.1) is 18.2 Å². The van der Waals surface area contributed by atoms with Crippen LogP contribution in [0.2, 0.25) is 0 Å². The monoisotopic (exact) mass is 443 g/mol. The zero-order valence-electron chi connectivity index (χ0n) is 18.3.